The summed E-state index contributed by atoms with van der Waals surface area (Å²) in [6, 6.07) is 2.15. The molecule has 0 aliphatic carbocycles. The lowest BCUT2D eigenvalue weighted by Gasteiger charge is -2.41. The number of halogens is 1. The van der Waals surface area contributed by atoms with Crippen molar-refractivity contribution in [3.63, 3.8) is 0 Å². The van der Waals surface area contributed by atoms with E-state index in [0.29, 0.717) is 0 Å². The summed E-state index contributed by atoms with van der Waals surface area (Å²) in [5, 5.41) is 3.61. The molecular weight excluding hydrogens is 278 g/mol. The van der Waals surface area contributed by atoms with E-state index in [1.54, 1.807) is 0 Å². The molecule has 2 heterocycles. The Hall–Kier alpha value is -0.450. The molecule has 3 nitrogen and oxygen atoms in total. The quantitative estimate of drug-likeness (QED) is 0.929. The lowest BCUT2D eigenvalue weighted by Crippen LogP contribution is -2.58. The van der Waals surface area contributed by atoms with Crippen LogP contribution in [0.25, 0.3) is 0 Å². The van der Waals surface area contributed by atoms with E-state index in [4.69, 9.17) is 0 Å². The molecule has 1 aliphatic rings. The SMILES string of the molecule is CCC1(C)CN(Cc2cncc(Br)c2)CCN1. The standard InChI is InChI=1S/C13H20BrN3/c1-3-13(2)10-17(5-4-16-13)9-11-6-12(14)8-15-7-11/h6-8,16H,3-5,9-10H2,1-2H3. The van der Waals surface area contributed by atoms with Crippen molar-refractivity contribution in [2.24, 2.45) is 0 Å². The first-order valence-electron chi connectivity index (χ1n) is 6.18. The smallest absolute Gasteiger partial charge is 0.0410 e. The van der Waals surface area contributed by atoms with Crippen molar-refractivity contribution >= 4 is 15.9 Å². The van der Waals surface area contributed by atoms with E-state index in [-0.39, 0.29) is 5.54 Å². The van der Waals surface area contributed by atoms with E-state index < -0.39 is 0 Å². The van der Waals surface area contributed by atoms with Gasteiger partial charge >= 0.3 is 0 Å². The third kappa shape index (κ3) is 3.50. The molecule has 0 saturated carbocycles. The molecule has 1 unspecified atom stereocenters. The van der Waals surface area contributed by atoms with Gasteiger partial charge in [-0.2, -0.15) is 0 Å². The van der Waals surface area contributed by atoms with Gasteiger partial charge < -0.3 is 5.32 Å². The minimum atomic E-state index is 0.262. The molecule has 1 aromatic heterocycles. The molecule has 1 aliphatic heterocycles. The van der Waals surface area contributed by atoms with Crippen LogP contribution >= 0.6 is 15.9 Å². The Morgan fingerprint density at radius 1 is 1.53 bits per heavy atom. The van der Waals surface area contributed by atoms with Crippen molar-refractivity contribution < 1.29 is 0 Å². The van der Waals surface area contributed by atoms with E-state index >= 15 is 0 Å². The molecule has 1 aromatic rings. The third-order valence-corrected chi connectivity index (χ3v) is 3.93. The molecule has 1 N–H and O–H groups in total. The van der Waals surface area contributed by atoms with Crippen LogP contribution < -0.4 is 5.32 Å². The molecule has 94 valence electrons. The van der Waals surface area contributed by atoms with Gasteiger partial charge in [0.2, 0.25) is 0 Å². The molecule has 17 heavy (non-hydrogen) atoms. The van der Waals surface area contributed by atoms with Crippen LogP contribution in [-0.4, -0.2) is 35.1 Å². The van der Waals surface area contributed by atoms with Crippen molar-refractivity contribution in [1.82, 2.24) is 15.2 Å². The summed E-state index contributed by atoms with van der Waals surface area (Å²) in [5.74, 6) is 0. The summed E-state index contributed by atoms with van der Waals surface area (Å²) < 4.78 is 1.06. The van der Waals surface area contributed by atoms with Crippen LogP contribution in [0.4, 0.5) is 0 Å². The lowest BCUT2D eigenvalue weighted by atomic mass is 9.95. The number of piperazine rings is 1. The highest BCUT2D eigenvalue weighted by molar-refractivity contribution is 9.10. The Morgan fingerprint density at radius 2 is 2.35 bits per heavy atom. The predicted octanol–water partition coefficient (Wildman–Crippen LogP) is 2.42. The van der Waals surface area contributed by atoms with Crippen molar-refractivity contribution in [1.29, 1.82) is 0 Å². The van der Waals surface area contributed by atoms with Crippen molar-refractivity contribution in [3.8, 4) is 0 Å². The zero-order valence-corrected chi connectivity index (χ0v) is 12.1. The molecule has 2 rings (SSSR count). The molecule has 1 fully saturated rings. The topological polar surface area (TPSA) is 28.2 Å². The van der Waals surface area contributed by atoms with Gasteiger partial charge in [0.25, 0.3) is 0 Å². The lowest BCUT2D eigenvalue weighted by molar-refractivity contribution is 0.133. The molecule has 0 aromatic carbocycles. The Labute approximate surface area is 112 Å². The Morgan fingerprint density at radius 3 is 3.06 bits per heavy atom. The van der Waals surface area contributed by atoms with E-state index in [1.807, 2.05) is 12.4 Å². The van der Waals surface area contributed by atoms with Gasteiger partial charge in [-0.15, -0.1) is 0 Å². The molecular formula is C13H20BrN3. The molecule has 0 spiro atoms. The normalized spacial score (nSPS) is 26.1. The first-order chi connectivity index (χ1) is 8.11. The summed E-state index contributed by atoms with van der Waals surface area (Å²) in [4.78, 5) is 6.72. The van der Waals surface area contributed by atoms with Crippen LogP contribution in [0.2, 0.25) is 0 Å². The number of aromatic nitrogens is 1. The van der Waals surface area contributed by atoms with Crippen LogP contribution in [0.3, 0.4) is 0 Å². The Kier molecular flexibility index (Phi) is 4.17. The highest BCUT2D eigenvalue weighted by atomic mass is 79.9. The first-order valence-corrected chi connectivity index (χ1v) is 6.97. The molecule has 1 atom stereocenters. The largest absolute Gasteiger partial charge is 0.309 e. The van der Waals surface area contributed by atoms with Crippen molar-refractivity contribution in [2.45, 2.75) is 32.4 Å². The summed E-state index contributed by atoms with van der Waals surface area (Å²) >= 11 is 3.47. The van der Waals surface area contributed by atoms with Crippen LogP contribution in [0.5, 0.6) is 0 Å². The second-order valence-electron chi connectivity index (χ2n) is 5.06. The Bertz CT molecular complexity index is 383. The average molecular weight is 298 g/mol. The van der Waals surface area contributed by atoms with Gasteiger partial charge in [-0.3, -0.25) is 9.88 Å². The average Bonchev–Trinajstić information content (AvgIpc) is 2.29. The maximum Gasteiger partial charge on any atom is 0.0410 e. The van der Waals surface area contributed by atoms with E-state index in [9.17, 15) is 0 Å². The minimum Gasteiger partial charge on any atom is -0.309 e. The van der Waals surface area contributed by atoms with Gasteiger partial charge in [0.1, 0.15) is 0 Å². The van der Waals surface area contributed by atoms with Gasteiger partial charge in [0.05, 0.1) is 0 Å². The van der Waals surface area contributed by atoms with Crippen molar-refractivity contribution in [2.75, 3.05) is 19.6 Å². The molecule has 0 bridgehead atoms. The summed E-state index contributed by atoms with van der Waals surface area (Å²) in [5.41, 5.74) is 1.54. The van der Waals surface area contributed by atoms with E-state index in [1.165, 1.54) is 12.0 Å². The molecule has 1 saturated heterocycles. The van der Waals surface area contributed by atoms with Crippen molar-refractivity contribution in [3.05, 3.63) is 28.5 Å². The number of rotatable bonds is 3. The zero-order chi connectivity index (χ0) is 12.3. The first kappa shape index (κ1) is 13.0. The van der Waals surface area contributed by atoms with Gasteiger partial charge in [-0.25, -0.2) is 0 Å². The second-order valence-corrected chi connectivity index (χ2v) is 5.98. The van der Waals surface area contributed by atoms with Gasteiger partial charge in [0.15, 0.2) is 0 Å². The van der Waals surface area contributed by atoms with Crippen LogP contribution in [0.15, 0.2) is 22.9 Å². The number of nitrogens with zero attached hydrogens (tertiary/aromatic N) is 2. The molecule has 4 heteroatoms. The second kappa shape index (κ2) is 5.46. The fourth-order valence-electron chi connectivity index (χ4n) is 2.32. The van der Waals surface area contributed by atoms with E-state index in [0.717, 1.165) is 30.7 Å². The number of nitrogens with one attached hydrogen (secondary N) is 1. The van der Waals surface area contributed by atoms with Gasteiger partial charge in [-0.05, 0) is 40.9 Å². The van der Waals surface area contributed by atoms with E-state index in [2.05, 4.69) is 51.0 Å². The monoisotopic (exact) mass is 297 g/mol. The third-order valence-electron chi connectivity index (χ3n) is 3.50. The Balaban J connectivity index is 1.99. The maximum atomic E-state index is 4.22. The summed E-state index contributed by atoms with van der Waals surface area (Å²) in [6.07, 6.45) is 4.95. The zero-order valence-electron chi connectivity index (χ0n) is 10.5. The fourth-order valence-corrected chi connectivity index (χ4v) is 2.73. The van der Waals surface area contributed by atoms with Crippen LogP contribution in [-0.2, 0) is 6.54 Å². The number of hydrogen-bond donors (Lipinski definition) is 1. The molecule has 0 radical (unpaired) electrons. The maximum absolute atomic E-state index is 4.22. The predicted molar refractivity (Wildman–Crippen MR) is 73.9 cm³/mol. The van der Waals surface area contributed by atoms with Gasteiger partial charge in [-0.1, -0.05) is 6.92 Å². The highest BCUT2D eigenvalue weighted by Crippen LogP contribution is 2.18. The summed E-state index contributed by atoms with van der Waals surface area (Å²) in [7, 11) is 0. The van der Waals surface area contributed by atoms with Gasteiger partial charge in [0, 0.05) is 48.6 Å². The number of hydrogen-bond acceptors (Lipinski definition) is 3. The minimum absolute atomic E-state index is 0.262. The fraction of sp³-hybridized carbons (Fsp3) is 0.615. The summed E-state index contributed by atoms with van der Waals surface area (Å²) in [6.45, 7) is 8.84. The number of pyridine rings is 1. The van der Waals surface area contributed by atoms with Crippen LogP contribution in [0.1, 0.15) is 25.8 Å². The van der Waals surface area contributed by atoms with Crippen LogP contribution in [0, 0.1) is 0 Å². The highest BCUT2D eigenvalue weighted by Gasteiger charge is 2.28. The molecule has 0 amide bonds.